The fraction of sp³-hybridized carbons (Fsp3) is 0.833. The quantitative estimate of drug-likeness (QED) is 0.541. The molecule has 0 nitrogen and oxygen atoms in total. The van der Waals surface area contributed by atoms with E-state index in [0.29, 0.717) is 5.92 Å². The highest BCUT2D eigenvalue weighted by Crippen LogP contribution is 2.28. The summed E-state index contributed by atoms with van der Waals surface area (Å²) < 4.78 is 0. The molecule has 0 aromatic heterocycles. The maximum atomic E-state index is 3.85. The summed E-state index contributed by atoms with van der Waals surface area (Å²) in [7, 11) is 0. The molecular formula is C12H24. The summed E-state index contributed by atoms with van der Waals surface area (Å²) in [4.78, 5) is 0. The molecule has 0 aromatic carbocycles. The van der Waals surface area contributed by atoms with E-state index in [9.17, 15) is 0 Å². The molecule has 0 bridgehead atoms. The van der Waals surface area contributed by atoms with Crippen LogP contribution >= 0.6 is 0 Å². The summed E-state index contributed by atoms with van der Waals surface area (Å²) in [5, 5.41) is 0. The summed E-state index contributed by atoms with van der Waals surface area (Å²) in [5.41, 5.74) is 0. The molecule has 0 radical (unpaired) electrons. The molecule has 0 unspecified atom stereocenters. The van der Waals surface area contributed by atoms with Gasteiger partial charge in [0.15, 0.2) is 0 Å². The fourth-order valence-electron chi connectivity index (χ4n) is 1.58. The highest BCUT2D eigenvalue weighted by atomic mass is 14.3. The zero-order chi connectivity index (χ0) is 9.72. The van der Waals surface area contributed by atoms with Crippen LogP contribution in [0.3, 0.4) is 0 Å². The van der Waals surface area contributed by atoms with E-state index < -0.39 is 0 Å². The zero-order valence-corrected chi connectivity index (χ0v) is 9.30. The Balaban J connectivity index is 4.07. The monoisotopic (exact) mass is 168 g/mol. The van der Waals surface area contributed by atoms with Gasteiger partial charge >= 0.3 is 0 Å². The van der Waals surface area contributed by atoms with E-state index in [4.69, 9.17) is 0 Å². The molecule has 0 N–H and O–H groups in total. The summed E-state index contributed by atoms with van der Waals surface area (Å²) in [6, 6.07) is 0. The molecule has 0 aromatic rings. The van der Waals surface area contributed by atoms with Crippen molar-refractivity contribution in [3.05, 3.63) is 12.7 Å². The second kappa shape index (κ2) is 5.40. The minimum Gasteiger partial charge on any atom is -0.103 e. The first-order valence-corrected chi connectivity index (χ1v) is 5.17. The van der Waals surface area contributed by atoms with Crippen LogP contribution in [0.5, 0.6) is 0 Å². The van der Waals surface area contributed by atoms with Crippen LogP contribution < -0.4 is 0 Å². The Morgan fingerprint density at radius 3 is 1.92 bits per heavy atom. The van der Waals surface area contributed by atoms with Crippen LogP contribution in [-0.4, -0.2) is 0 Å². The van der Waals surface area contributed by atoms with Crippen molar-refractivity contribution in [3.63, 3.8) is 0 Å². The lowest BCUT2D eigenvalue weighted by atomic mass is 9.77. The van der Waals surface area contributed by atoms with Crippen molar-refractivity contribution in [2.75, 3.05) is 0 Å². The van der Waals surface area contributed by atoms with Crippen molar-refractivity contribution < 1.29 is 0 Å². The SMILES string of the molecule is C=C[C@H](C)[C@@H](C)[C@H](C)[C@H](C)CC. The third kappa shape index (κ3) is 3.00. The van der Waals surface area contributed by atoms with Gasteiger partial charge in [-0.3, -0.25) is 0 Å². The van der Waals surface area contributed by atoms with Gasteiger partial charge in [-0.25, -0.2) is 0 Å². The topological polar surface area (TPSA) is 0 Å². The minimum absolute atomic E-state index is 0.647. The lowest BCUT2D eigenvalue weighted by molar-refractivity contribution is 0.233. The van der Waals surface area contributed by atoms with Crippen molar-refractivity contribution in [1.82, 2.24) is 0 Å². The molecular weight excluding hydrogens is 144 g/mol. The summed E-state index contributed by atoms with van der Waals surface area (Å²) in [6.07, 6.45) is 3.36. The van der Waals surface area contributed by atoms with Gasteiger partial charge in [-0.2, -0.15) is 0 Å². The molecule has 0 amide bonds. The number of hydrogen-bond acceptors (Lipinski definition) is 0. The van der Waals surface area contributed by atoms with Crippen molar-refractivity contribution in [2.24, 2.45) is 23.7 Å². The van der Waals surface area contributed by atoms with Crippen LogP contribution in [0.2, 0.25) is 0 Å². The van der Waals surface area contributed by atoms with E-state index in [2.05, 4.69) is 47.3 Å². The molecule has 0 saturated heterocycles. The smallest absolute Gasteiger partial charge is 0.0236 e. The largest absolute Gasteiger partial charge is 0.103 e. The predicted octanol–water partition coefficient (Wildman–Crippen LogP) is 4.13. The minimum atomic E-state index is 0.647. The van der Waals surface area contributed by atoms with Gasteiger partial charge < -0.3 is 0 Å². The first-order valence-electron chi connectivity index (χ1n) is 5.17. The second-order valence-corrected chi connectivity index (χ2v) is 4.20. The highest BCUT2D eigenvalue weighted by Gasteiger charge is 2.20. The standard InChI is InChI=1S/C12H24/c1-7-9(3)11(5)12(6)10(4)8-2/h7,9-12H,1,8H2,2-6H3/t9-,10+,11+,12+/m0/s1. The fourth-order valence-corrected chi connectivity index (χ4v) is 1.58. The van der Waals surface area contributed by atoms with Crippen LogP contribution in [0.1, 0.15) is 41.0 Å². The van der Waals surface area contributed by atoms with Crippen LogP contribution in [0, 0.1) is 23.7 Å². The van der Waals surface area contributed by atoms with Crippen molar-refractivity contribution in [2.45, 2.75) is 41.0 Å². The second-order valence-electron chi connectivity index (χ2n) is 4.20. The van der Waals surface area contributed by atoms with Crippen LogP contribution in [0.15, 0.2) is 12.7 Å². The third-order valence-corrected chi connectivity index (χ3v) is 3.57. The maximum Gasteiger partial charge on any atom is -0.0236 e. The van der Waals surface area contributed by atoms with E-state index in [1.165, 1.54) is 6.42 Å². The lowest BCUT2D eigenvalue weighted by Crippen LogP contribution is -2.20. The van der Waals surface area contributed by atoms with Crippen molar-refractivity contribution in [1.29, 1.82) is 0 Å². The van der Waals surface area contributed by atoms with Gasteiger partial charge in [-0.05, 0) is 23.7 Å². The molecule has 0 spiro atoms. The predicted molar refractivity (Wildman–Crippen MR) is 57.1 cm³/mol. The van der Waals surface area contributed by atoms with Crippen molar-refractivity contribution in [3.8, 4) is 0 Å². The Morgan fingerprint density at radius 2 is 1.58 bits per heavy atom. The normalized spacial score (nSPS) is 21.1. The summed E-state index contributed by atoms with van der Waals surface area (Å²) in [6.45, 7) is 15.4. The Kier molecular flexibility index (Phi) is 5.28. The molecule has 0 aliphatic rings. The van der Waals surface area contributed by atoms with Crippen LogP contribution in [0.25, 0.3) is 0 Å². The highest BCUT2D eigenvalue weighted by molar-refractivity contribution is 4.82. The zero-order valence-electron chi connectivity index (χ0n) is 9.30. The lowest BCUT2D eigenvalue weighted by Gasteiger charge is -2.28. The molecule has 4 atom stereocenters. The van der Waals surface area contributed by atoms with Gasteiger partial charge in [0.1, 0.15) is 0 Å². The van der Waals surface area contributed by atoms with Gasteiger partial charge in [0.05, 0.1) is 0 Å². The van der Waals surface area contributed by atoms with E-state index in [1.54, 1.807) is 0 Å². The molecule has 72 valence electrons. The maximum absolute atomic E-state index is 3.85. The summed E-state index contributed by atoms with van der Waals surface area (Å²) >= 11 is 0. The molecule has 0 rings (SSSR count). The Hall–Kier alpha value is -0.260. The van der Waals surface area contributed by atoms with Gasteiger partial charge in [0, 0.05) is 0 Å². The molecule has 0 aliphatic carbocycles. The molecule has 0 fully saturated rings. The van der Waals surface area contributed by atoms with Crippen LogP contribution in [-0.2, 0) is 0 Å². The van der Waals surface area contributed by atoms with E-state index in [-0.39, 0.29) is 0 Å². The van der Waals surface area contributed by atoms with Crippen molar-refractivity contribution >= 4 is 0 Å². The molecule has 12 heavy (non-hydrogen) atoms. The number of rotatable bonds is 5. The Labute approximate surface area is 78.1 Å². The van der Waals surface area contributed by atoms with Gasteiger partial charge in [-0.15, -0.1) is 6.58 Å². The average molecular weight is 168 g/mol. The average Bonchev–Trinajstić information content (AvgIpc) is 2.12. The van der Waals surface area contributed by atoms with Gasteiger partial charge in [0.2, 0.25) is 0 Å². The van der Waals surface area contributed by atoms with E-state index in [0.717, 1.165) is 17.8 Å². The first kappa shape index (κ1) is 11.7. The van der Waals surface area contributed by atoms with E-state index in [1.807, 2.05) is 0 Å². The van der Waals surface area contributed by atoms with E-state index >= 15 is 0 Å². The number of hydrogen-bond donors (Lipinski definition) is 0. The first-order chi connectivity index (χ1) is 5.54. The Morgan fingerprint density at radius 1 is 1.08 bits per heavy atom. The third-order valence-electron chi connectivity index (χ3n) is 3.57. The molecule has 0 heteroatoms. The molecule has 0 heterocycles. The summed E-state index contributed by atoms with van der Waals surface area (Å²) in [5.74, 6) is 3.05. The van der Waals surface area contributed by atoms with Gasteiger partial charge in [0.25, 0.3) is 0 Å². The van der Waals surface area contributed by atoms with Crippen LogP contribution in [0.4, 0.5) is 0 Å². The number of allylic oxidation sites excluding steroid dienone is 1. The molecule has 0 aliphatic heterocycles. The Bertz CT molecular complexity index is 126. The molecule has 0 saturated carbocycles. The van der Waals surface area contributed by atoms with Gasteiger partial charge in [-0.1, -0.05) is 47.1 Å².